The minimum absolute atomic E-state index is 0.0318. The van der Waals surface area contributed by atoms with Crippen LogP contribution >= 0.6 is 0 Å². The summed E-state index contributed by atoms with van der Waals surface area (Å²) in [7, 11) is 0. The van der Waals surface area contributed by atoms with Crippen molar-refractivity contribution < 1.29 is 14.3 Å². The molecule has 0 bridgehead atoms. The van der Waals surface area contributed by atoms with Gasteiger partial charge < -0.3 is 20.3 Å². The highest BCUT2D eigenvalue weighted by molar-refractivity contribution is 5.89. The van der Waals surface area contributed by atoms with Gasteiger partial charge in [-0.05, 0) is 50.5 Å². The number of carbonyl (C=O) groups is 2. The number of nitrogens with one attached hydrogen (secondary N) is 2. The maximum Gasteiger partial charge on any atom is 0.321 e. The first-order valence-corrected chi connectivity index (χ1v) is 8.62. The Kier molecular flexibility index (Phi) is 6.46. The molecular weight excluding hydrogens is 306 g/mol. The number of anilines is 1. The molecule has 132 valence electrons. The monoisotopic (exact) mass is 333 g/mol. The van der Waals surface area contributed by atoms with Gasteiger partial charge in [0.05, 0.1) is 6.61 Å². The zero-order chi connectivity index (χ0) is 17.5. The van der Waals surface area contributed by atoms with Gasteiger partial charge in [0.1, 0.15) is 5.75 Å². The van der Waals surface area contributed by atoms with Gasteiger partial charge in [-0.3, -0.25) is 4.79 Å². The number of hydrogen-bond donors (Lipinski definition) is 2. The molecule has 24 heavy (non-hydrogen) atoms. The molecule has 2 N–H and O–H groups in total. The number of ether oxygens (including phenoxy) is 1. The number of likely N-dealkylation sites (tertiary alicyclic amines) is 1. The first-order chi connectivity index (χ1) is 11.5. The maximum absolute atomic E-state index is 12.5. The fraction of sp³-hybridized carbons (Fsp3) is 0.556. The van der Waals surface area contributed by atoms with Crippen LogP contribution in [0.1, 0.15) is 38.7 Å². The van der Waals surface area contributed by atoms with Crippen LogP contribution in [0.5, 0.6) is 5.75 Å². The Morgan fingerprint density at radius 1 is 1.33 bits per heavy atom. The minimum Gasteiger partial charge on any atom is -0.494 e. The van der Waals surface area contributed by atoms with Crippen LogP contribution in [0.25, 0.3) is 0 Å². The van der Waals surface area contributed by atoms with E-state index in [0.717, 1.165) is 29.8 Å². The molecule has 1 atom stereocenters. The third-order valence-electron chi connectivity index (χ3n) is 4.12. The third-order valence-corrected chi connectivity index (χ3v) is 4.12. The Morgan fingerprint density at radius 3 is 2.79 bits per heavy atom. The van der Waals surface area contributed by atoms with E-state index in [2.05, 4.69) is 10.6 Å². The summed E-state index contributed by atoms with van der Waals surface area (Å²) < 4.78 is 5.51. The smallest absolute Gasteiger partial charge is 0.321 e. The Balaban J connectivity index is 1.94. The van der Waals surface area contributed by atoms with Gasteiger partial charge in [0.15, 0.2) is 0 Å². The second-order valence-electron chi connectivity index (χ2n) is 6.05. The summed E-state index contributed by atoms with van der Waals surface area (Å²) in [5.74, 6) is 0.861. The molecule has 3 amide bonds. The molecular formula is C18H27N3O3. The molecule has 1 aromatic carbocycles. The van der Waals surface area contributed by atoms with E-state index in [1.165, 1.54) is 0 Å². The summed E-state index contributed by atoms with van der Waals surface area (Å²) >= 11 is 0. The lowest BCUT2D eigenvalue weighted by Crippen LogP contribution is -2.50. The van der Waals surface area contributed by atoms with Gasteiger partial charge in [0.25, 0.3) is 0 Å². The van der Waals surface area contributed by atoms with Gasteiger partial charge in [-0.15, -0.1) is 0 Å². The van der Waals surface area contributed by atoms with E-state index in [4.69, 9.17) is 4.74 Å². The summed E-state index contributed by atoms with van der Waals surface area (Å²) in [5.41, 5.74) is 1.74. The summed E-state index contributed by atoms with van der Waals surface area (Å²) in [4.78, 5) is 25.7. The maximum atomic E-state index is 12.5. The number of urea groups is 1. The molecule has 1 aromatic rings. The predicted octanol–water partition coefficient (Wildman–Crippen LogP) is 2.92. The van der Waals surface area contributed by atoms with Gasteiger partial charge in [-0.25, -0.2) is 4.79 Å². The van der Waals surface area contributed by atoms with Gasteiger partial charge in [-0.1, -0.05) is 6.92 Å². The molecule has 0 aromatic heterocycles. The molecule has 2 rings (SSSR count). The van der Waals surface area contributed by atoms with Crippen LogP contribution in [0.4, 0.5) is 10.5 Å². The molecule has 1 aliphatic rings. The first-order valence-electron chi connectivity index (χ1n) is 8.62. The highest BCUT2D eigenvalue weighted by atomic mass is 16.5. The number of amides is 3. The lowest BCUT2D eigenvalue weighted by molar-refractivity contribution is -0.121. The Bertz CT molecular complexity index is 589. The van der Waals surface area contributed by atoms with Gasteiger partial charge >= 0.3 is 6.03 Å². The van der Waals surface area contributed by atoms with E-state index in [1.54, 1.807) is 4.90 Å². The molecule has 1 unspecified atom stereocenters. The van der Waals surface area contributed by atoms with Crippen molar-refractivity contribution in [3.63, 3.8) is 0 Å². The van der Waals surface area contributed by atoms with Gasteiger partial charge in [0.2, 0.25) is 5.91 Å². The standard InChI is InChI=1S/C18H27N3O3/c1-4-17(22)19-15-7-6-10-21(12-15)18(23)20-14-8-9-16(24-5-2)13(3)11-14/h8-9,11,15H,4-7,10,12H2,1-3H3,(H,19,22)(H,20,23). The van der Waals surface area contributed by atoms with E-state index in [1.807, 2.05) is 39.0 Å². The van der Waals surface area contributed by atoms with Crippen LogP contribution in [-0.2, 0) is 4.79 Å². The Hall–Kier alpha value is -2.24. The molecule has 1 heterocycles. The molecule has 6 nitrogen and oxygen atoms in total. The predicted molar refractivity (Wildman–Crippen MR) is 94.4 cm³/mol. The van der Waals surface area contributed by atoms with E-state index in [9.17, 15) is 9.59 Å². The molecule has 0 saturated carbocycles. The van der Waals surface area contributed by atoms with Crippen LogP contribution in [0.3, 0.4) is 0 Å². The third kappa shape index (κ3) is 4.88. The van der Waals surface area contributed by atoms with Crippen LogP contribution < -0.4 is 15.4 Å². The normalized spacial score (nSPS) is 17.3. The lowest BCUT2D eigenvalue weighted by atomic mass is 10.1. The molecule has 0 aliphatic carbocycles. The second-order valence-corrected chi connectivity index (χ2v) is 6.05. The van der Waals surface area contributed by atoms with Crippen molar-refractivity contribution in [2.45, 2.75) is 46.1 Å². The van der Waals surface area contributed by atoms with Gasteiger partial charge in [0, 0.05) is 31.2 Å². The quantitative estimate of drug-likeness (QED) is 0.870. The topological polar surface area (TPSA) is 70.7 Å². The molecule has 6 heteroatoms. The first kappa shape index (κ1) is 18.1. The van der Waals surface area contributed by atoms with Crippen molar-refractivity contribution in [3.8, 4) is 5.75 Å². The van der Waals surface area contributed by atoms with Crippen molar-refractivity contribution in [1.82, 2.24) is 10.2 Å². The van der Waals surface area contributed by atoms with Crippen molar-refractivity contribution >= 4 is 17.6 Å². The summed E-state index contributed by atoms with van der Waals surface area (Å²) in [5, 5.41) is 5.90. The number of hydrogen-bond acceptors (Lipinski definition) is 3. The minimum atomic E-state index is -0.131. The SMILES string of the molecule is CCOc1ccc(NC(=O)N2CCCC(NC(=O)CC)C2)cc1C. The van der Waals surface area contributed by atoms with Crippen LogP contribution in [0.15, 0.2) is 18.2 Å². The number of carbonyl (C=O) groups excluding carboxylic acids is 2. The number of benzene rings is 1. The van der Waals surface area contributed by atoms with Crippen LogP contribution in [0.2, 0.25) is 0 Å². The van der Waals surface area contributed by atoms with E-state index >= 15 is 0 Å². The number of piperidine rings is 1. The zero-order valence-corrected chi connectivity index (χ0v) is 14.7. The summed E-state index contributed by atoms with van der Waals surface area (Å²) in [6.07, 6.45) is 2.27. The lowest BCUT2D eigenvalue weighted by Gasteiger charge is -2.33. The molecule has 1 aliphatic heterocycles. The number of nitrogens with zero attached hydrogens (tertiary/aromatic N) is 1. The van der Waals surface area contributed by atoms with E-state index < -0.39 is 0 Å². The van der Waals surface area contributed by atoms with Crippen LogP contribution in [0, 0.1) is 6.92 Å². The average molecular weight is 333 g/mol. The van der Waals surface area contributed by atoms with Gasteiger partial charge in [-0.2, -0.15) is 0 Å². The van der Waals surface area contributed by atoms with Crippen LogP contribution in [-0.4, -0.2) is 42.6 Å². The highest BCUT2D eigenvalue weighted by Crippen LogP contribution is 2.22. The molecule has 0 spiro atoms. The summed E-state index contributed by atoms with van der Waals surface area (Å²) in [6, 6.07) is 5.53. The van der Waals surface area contributed by atoms with E-state index in [0.29, 0.717) is 26.1 Å². The van der Waals surface area contributed by atoms with Crippen molar-refractivity contribution in [2.24, 2.45) is 0 Å². The van der Waals surface area contributed by atoms with E-state index in [-0.39, 0.29) is 18.0 Å². The average Bonchev–Trinajstić information content (AvgIpc) is 2.57. The molecule has 1 saturated heterocycles. The number of rotatable bonds is 5. The fourth-order valence-electron chi connectivity index (χ4n) is 2.86. The summed E-state index contributed by atoms with van der Waals surface area (Å²) in [6.45, 7) is 7.60. The number of aryl methyl sites for hydroxylation is 1. The Labute approximate surface area is 143 Å². The van der Waals surface area contributed by atoms with Crippen molar-refractivity contribution in [1.29, 1.82) is 0 Å². The largest absolute Gasteiger partial charge is 0.494 e. The zero-order valence-electron chi connectivity index (χ0n) is 14.7. The second kappa shape index (κ2) is 8.57. The van der Waals surface area contributed by atoms with Crippen molar-refractivity contribution in [2.75, 3.05) is 25.0 Å². The highest BCUT2D eigenvalue weighted by Gasteiger charge is 2.24. The van der Waals surface area contributed by atoms with Crippen molar-refractivity contribution in [3.05, 3.63) is 23.8 Å². The Morgan fingerprint density at radius 2 is 2.12 bits per heavy atom. The molecule has 1 fully saturated rings. The molecule has 0 radical (unpaired) electrons. The fourth-order valence-corrected chi connectivity index (χ4v) is 2.86.